The van der Waals surface area contributed by atoms with Crippen LogP contribution in [0.3, 0.4) is 0 Å². The molecule has 0 saturated carbocycles. The van der Waals surface area contributed by atoms with Crippen LogP contribution >= 0.6 is 0 Å². The molecule has 0 fully saturated rings. The smallest absolute Gasteiger partial charge is 0.135 e. The Balaban J connectivity index is 2.44. The van der Waals surface area contributed by atoms with Crippen molar-refractivity contribution in [1.82, 2.24) is 15.1 Å². The summed E-state index contributed by atoms with van der Waals surface area (Å²) in [5.41, 5.74) is 3.33. The lowest BCUT2D eigenvalue weighted by atomic mass is 10.2. The molecule has 1 N–H and O–H groups in total. The first-order valence-electron chi connectivity index (χ1n) is 6.63. The van der Waals surface area contributed by atoms with Crippen LogP contribution in [0.25, 0.3) is 0 Å². The predicted molar refractivity (Wildman–Crippen MR) is 81.8 cm³/mol. The minimum atomic E-state index is 0.795. The van der Waals surface area contributed by atoms with E-state index in [-0.39, 0.29) is 0 Å². The molecular formula is C15H22N4O. The van der Waals surface area contributed by atoms with Crippen molar-refractivity contribution < 1.29 is 4.74 Å². The molecule has 0 aliphatic rings. The fourth-order valence-corrected chi connectivity index (χ4v) is 2.43. The highest BCUT2D eigenvalue weighted by atomic mass is 16.5. The number of nitrogens with one attached hydrogen (secondary N) is 1. The molecule has 1 aromatic heterocycles. The number of nitrogens with zero attached hydrogens (tertiary/aromatic N) is 3. The van der Waals surface area contributed by atoms with Crippen molar-refractivity contribution in [3.8, 4) is 5.75 Å². The molecule has 0 bridgehead atoms. The van der Waals surface area contributed by atoms with E-state index in [4.69, 9.17) is 4.74 Å². The molecule has 0 radical (unpaired) electrons. The molecule has 0 unspecified atom stereocenters. The third-order valence-corrected chi connectivity index (χ3v) is 3.43. The van der Waals surface area contributed by atoms with Crippen LogP contribution in [0.5, 0.6) is 5.75 Å². The Morgan fingerprint density at radius 3 is 2.80 bits per heavy atom. The first kappa shape index (κ1) is 14.4. The number of aryl methyl sites for hydroxylation is 2. The second kappa shape index (κ2) is 5.96. The Bertz CT molecular complexity index is 592. The molecule has 0 atom stereocenters. The largest absolute Gasteiger partial charge is 0.497 e. The number of rotatable bonds is 5. The van der Waals surface area contributed by atoms with E-state index in [2.05, 4.69) is 21.4 Å². The first-order valence-corrected chi connectivity index (χ1v) is 6.63. The van der Waals surface area contributed by atoms with E-state index in [0.29, 0.717) is 0 Å². The van der Waals surface area contributed by atoms with E-state index in [1.165, 1.54) is 5.56 Å². The van der Waals surface area contributed by atoms with Gasteiger partial charge in [-0.15, -0.1) is 0 Å². The highest BCUT2D eigenvalue weighted by Gasteiger charge is 2.17. The van der Waals surface area contributed by atoms with Gasteiger partial charge in [-0.2, -0.15) is 5.10 Å². The van der Waals surface area contributed by atoms with Crippen LogP contribution in [0.4, 0.5) is 11.5 Å². The maximum atomic E-state index is 5.29. The van der Waals surface area contributed by atoms with Crippen LogP contribution in [-0.2, 0) is 13.6 Å². The lowest BCUT2D eigenvalue weighted by Crippen LogP contribution is -2.17. The SMILES string of the molecule is CNCc1c(C)nn(C)c1N(C)c1cccc(OC)c1. The quantitative estimate of drug-likeness (QED) is 0.908. The normalized spacial score (nSPS) is 10.7. The molecule has 0 saturated heterocycles. The van der Waals surface area contributed by atoms with E-state index in [9.17, 15) is 0 Å². The Labute approximate surface area is 120 Å². The monoisotopic (exact) mass is 274 g/mol. The summed E-state index contributed by atoms with van der Waals surface area (Å²) < 4.78 is 7.21. The fourth-order valence-electron chi connectivity index (χ4n) is 2.43. The Morgan fingerprint density at radius 1 is 1.40 bits per heavy atom. The zero-order valence-electron chi connectivity index (χ0n) is 12.8. The summed E-state index contributed by atoms with van der Waals surface area (Å²) in [5, 5.41) is 7.73. The summed E-state index contributed by atoms with van der Waals surface area (Å²) in [6.07, 6.45) is 0. The van der Waals surface area contributed by atoms with Crippen molar-refractivity contribution in [3.05, 3.63) is 35.5 Å². The second-order valence-electron chi connectivity index (χ2n) is 4.80. The number of benzene rings is 1. The van der Waals surface area contributed by atoms with Gasteiger partial charge in [0.1, 0.15) is 11.6 Å². The molecule has 5 heteroatoms. The molecule has 5 nitrogen and oxygen atoms in total. The summed E-state index contributed by atoms with van der Waals surface area (Å²) in [6, 6.07) is 8.02. The predicted octanol–water partition coefficient (Wildman–Crippen LogP) is 2.22. The van der Waals surface area contributed by atoms with Gasteiger partial charge in [-0.25, -0.2) is 0 Å². The summed E-state index contributed by atoms with van der Waals surface area (Å²) in [6.45, 7) is 2.83. The second-order valence-corrected chi connectivity index (χ2v) is 4.80. The maximum Gasteiger partial charge on any atom is 0.135 e. The summed E-state index contributed by atoms with van der Waals surface area (Å²) in [5.74, 6) is 1.94. The minimum Gasteiger partial charge on any atom is -0.497 e. The molecule has 0 aliphatic heterocycles. The molecule has 1 aromatic carbocycles. The van der Waals surface area contributed by atoms with Gasteiger partial charge < -0.3 is 15.0 Å². The standard InChI is InChI=1S/C15H22N4O/c1-11-14(10-16-2)15(19(4)17-11)18(3)12-7-6-8-13(9-12)20-5/h6-9,16H,10H2,1-5H3. The highest BCUT2D eigenvalue weighted by molar-refractivity contribution is 5.64. The maximum absolute atomic E-state index is 5.29. The van der Waals surface area contributed by atoms with Gasteiger partial charge in [0.15, 0.2) is 0 Å². The molecule has 0 amide bonds. The van der Waals surface area contributed by atoms with Gasteiger partial charge in [0, 0.05) is 38.0 Å². The highest BCUT2D eigenvalue weighted by Crippen LogP contribution is 2.30. The lowest BCUT2D eigenvalue weighted by molar-refractivity contribution is 0.415. The first-order chi connectivity index (χ1) is 9.58. The minimum absolute atomic E-state index is 0.795. The van der Waals surface area contributed by atoms with E-state index < -0.39 is 0 Å². The summed E-state index contributed by atoms with van der Waals surface area (Å²) >= 11 is 0. The molecule has 1 heterocycles. The van der Waals surface area contributed by atoms with Crippen molar-refractivity contribution in [2.75, 3.05) is 26.1 Å². The van der Waals surface area contributed by atoms with Crippen molar-refractivity contribution in [3.63, 3.8) is 0 Å². The molecule has 2 aromatic rings. The van der Waals surface area contributed by atoms with Crippen LogP contribution in [0.15, 0.2) is 24.3 Å². The van der Waals surface area contributed by atoms with Crippen LogP contribution < -0.4 is 15.0 Å². The third kappa shape index (κ3) is 2.63. The van der Waals surface area contributed by atoms with Crippen LogP contribution in [-0.4, -0.2) is 31.0 Å². The Kier molecular flexibility index (Phi) is 4.29. The molecule has 0 spiro atoms. The average Bonchev–Trinajstić information content (AvgIpc) is 2.73. The van der Waals surface area contributed by atoms with E-state index in [1.807, 2.05) is 50.9 Å². The van der Waals surface area contributed by atoms with Gasteiger partial charge in [0.2, 0.25) is 0 Å². The van der Waals surface area contributed by atoms with Crippen molar-refractivity contribution in [1.29, 1.82) is 0 Å². The number of aromatic nitrogens is 2. The molecule has 108 valence electrons. The van der Waals surface area contributed by atoms with Gasteiger partial charge in [-0.1, -0.05) is 6.07 Å². The number of hydrogen-bond acceptors (Lipinski definition) is 4. The average molecular weight is 274 g/mol. The van der Waals surface area contributed by atoms with Crippen LogP contribution in [0.2, 0.25) is 0 Å². The lowest BCUT2D eigenvalue weighted by Gasteiger charge is -2.21. The van der Waals surface area contributed by atoms with E-state index in [0.717, 1.165) is 29.5 Å². The van der Waals surface area contributed by atoms with E-state index >= 15 is 0 Å². The molecule has 0 aliphatic carbocycles. The van der Waals surface area contributed by atoms with Crippen molar-refractivity contribution in [2.45, 2.75) is 13.5 Å². The molecule has 2 rings (SSSR count). The van der Waals surface area contributed by atoms with Crippen molar-refractivity contribution >= 4 is 11.5 Å². The number of ether oxygens (including phenoxy) is 1. The van der Waals surface area contributed by atoms with Gasteiger partial charge >= 0.3 is 0 Å². The summed E-state index contributed by atoms with van der Waals surface area (Å²) in [4.78, 5) is 2.13. The van der Waals surface area contributed by atoms with Gasteiger partial charge in [-0.05, 0) is 26.1 Å². The molecular weight excluding hydrogens is 252 g/mol. The van der Waals surface area contributed by atoms with Gasteiger partial charge in [0.05, 0.1) is 12.8 Å². The zero-order valence-corrected chi connectivity index (χ0v) is 12.8. The number of methoxy groups -OCH3 is 1. The topological polar surface area (TPSA) is 42.3 Å². The van der Waals surface area contributed by atoms with Gasteiger partial charge in [0.25, 0.3) is 0 Å². The van der Waals surface area contributed by atoms with E-state index in [1.54, 1.807) is 7.11 Å². The van der Waals surface area contributed by atoms with Crippen LogP contribution in [0.1, 0.15) is 11.3 Å². The van der Waals surface area contributed by atoms with Crippen LogP contribution in [0, 0.1) is 6.92 Å². The summed E-state index contributed by atoms with van der Waals surface area (Å²) in [7, 11) is 7.64. The fraction of sp³-hybridized carbons (Fsp3) is 0.400. The van der Waals surface area contributed by atoms with Gasteiger partial charge in [-0.3, -0.25) is 4.68 Å². The van der Waals surface area contributed by atoms with Crippen molar-refractivity contribution in [2.24, 2.45) is 7.05 Å². The third-order valence-electron chi connectivity index (χ3n) is 3.43. The molecule has 20 heavy (non-hydrogen) atoms. The number of hydrogen-bond donors (Lipinski definition) is 1. The Morgan fingerprint density at radius 2 is 2.15 bits per heavy atom. The zero-order chi connectivity index (χ0) is 14.7. The number of anilines is 2. The Hall–Kier alpha value is -2.01.